The topological polar surface area (TPSA) is 93.1 Å². The molecule has 6 heteroatoms. The minimum absolute atomic E-state index is 0.0219. The average Bonchev–Trinajstić information content (AvgIpc) is 2.26. The lowest BCUT2D eigenvalue weighted by Crippen LogP contribution is -2.11. The van der Waals surface area contributed by atoms with E-state index in [1.165, 1.54) is 6.07 Å². The van der Waals surface area contributed by atoms with Gasteiger partial charge in [0.05, 0.1) is 6.61 Å². The lowest BCUT2D eigenvalue weighted by molar-refractivity contribution is 0.0693. The van der Waals surface area contributed by atoms with E-state index in [-0.39, 0.29) is 17.9 Å². The first-order valence-electron chi connectivity index (χ1n) is 4.95. The van der Waals surface area contributed by atoms with Gasteiger partial charge in [-0.05, 0) is 18.6 Å². The van der Waals surface area contributed by atoms with Crippen LogP contribution in [0.5, 0.6) is 11.5 Å². The second-order valence-electron chi connectivity index (χ2n) is 3.18. The first kappa shape index (κ1) is 12.8. The van der Waals surface area contributed by atoms with Gasteiger partial charge < -0.3 is 19.7 Å². The van der Waals surface area contributed by atoms with Crippen LogP contribution in [0.25, 0.3) is 0 Å². The molecule has 0 amide bonds. The predicted octanol–water partition coefficient (Wildman–Crippen LogP) is 2.02. The third kappa shape index (κ3) is 3.67. The summed E-state index contributed by atoms with van der Waals surface area (Å²) < 4.78 is 9.37. The van der Waals surface area contributed by atoms with Crippen LogP contribution in [0.4, 0.5) is 4.79 Å². The molecule has 0 saturated heterocycles. The smallest absolute Gasteiger partial charge is 0.507 e. The zero-order chi connectivity index (χ0) is 12.8. The molecule has 1 rings (SSSR count). The molecule has 0 aliphatic heterocycles. The molecule has 2 N–H and O–H groups in total. The fourth-order valence-electron chi connectivity index (χ4n) is 1.07. The summed E-state index contributed by atoms with van der Waals surface area (Å²) in [5.41, 5.74) is -0.265. The van der Waals surface area contributed by atoms with Crippen molar-refractivity contribution in [1.82, 2.24) is 0 Å². The van der Waals surface area contributed by atoms with Crippen molar-refractivity contribution >= 4 is 12.1 Å². The molecule has 0 saturated carbocycles. The number of hydrogen-bond acceptors (Lipinski definition) is 5. The zero-order valence-electron chi connectivity index (χ0n) is 9.17. The van der Waals surface area contributed by atoms with E-state index >= 15 is 0 Å². The molecule has 0 bridgehead atoms. The van der Waals surface area contributed by atoms with Crippen LogP contribution < -0.4 is 4.74 Å². The maximum Gasteiger partial charge on any atom is 0.513 e. The number of ether oxygens (including phenoxy) is 2. The van der Waals surface area contributed by atoms with Gasteiger partial charge >= 0.3 is 12.1 Å². The lowest BCUT2D eigenvalue weighted by atomic mass is 10.2. The van der Waals surface area contributed by atoms with Crippen LogP contribution in [0.2, 0.25) is 0 Å². The summed E-state index contributed by atoms with van der Waals surface area (Å²) in [6.07, 6.45) is -0.229. The highest BCUT2D eigenvalue weighted by Gasteiger charge is 2.12. The first-order valence-corrected chi connectivity index (χ1v) is 4.95. The Labute approximate surface area is 97.4 Å². The molecule has 0 aromatic heterocycles. The first-order chi connectivity index (χ1) is 8.04. The molecule has 0 unspecified atom stereocenters. The quantitative estimate of drug-likeness (QED) is 0.617. The van der Waals surface area contributed by atoms with Gasteiger partial charge in [-0.15, -0.1) is 0 Å². The summed E-state index contributed by atoms with van der Waals surface area (Å²) >= 11 is 0. The van der Waals surface area contributed by atoms with Crippen molar-refractivity contribution in [2.45, 2.75) is 13.3 Å². The Kier molecular flexibility index (Phi) is 4.33. The van der Waals surface area contributed by atoms with Crippen molar-refractivity contribution in [2.24, 2.45) is 0 Å². The molecule has 0 aliphatic rings. The highest BCUT2D eigenvalue weighted by molar-refractivity contribution is 5.91. The van der Waals surface area contributed by atoms with Gasteiger partial charge in [0.1, 0.15) is 17.1 Å². The Hall–Kier alpha value is -2.24. The van der Waals surface area contributed by atoms with E-state index in [2.05, 4.69) is 4.74 Å². The van der Waals surface area contributed by atoms with Gasteiger partial charge in [0.25, 0.3) is 0 Å². The highest BCUT2D eigenvalue weighted by atomic mass is 16.7. The summed E-state index contributed by atoms with van der Waals surface area (Å²) in [4.78, 5) is 21.7. The molecule has 1 aromatic rings. The predicted molar refractivity (Wildman–Crippen MR) is 57.3 cm³/mol. The van der Waals surface area contributed by atoms with Gasteiger partial charge in [-0.1, -0.05) is 6.92 Å². The third-order valence-corrected chi connectivity index (χ3v) is 1.82. The monoisotopic (exact) mass is 240 g/mol. The highest BCUT2D eigenvalue weighted by Crippen LogP contribution is 2.23. The standard InChI is InChI=1S/C11H12O6/c1-2-5-16-11(15)17-7-3-4-8(10(13)14)9(12)6-7/h3-4,6,12H,2,5H2,1H3,(H,13,14). The van der Waals surface area contributed by atoms with E-state index in [1.807, 2.05) is 6.92 Å². The van der Waals surface area contributed by atoms with E-state index < -0.39 is 17.9 Å². The zero-order valence-corrected chi connectivity index (χ0v) is 9.17. The van der Waals surface area contributed by atoms with Crippen molar-refractivity contribution < 1.29 is 29.3 Å². The van der Waals surface area contributed by atoms with E-state index in [1.54, 1.807) is 0 Å². The number of carboxylic acid groups (broad SMARTS) is 1. The van der Waals surface area contributed by atoms with Crippen LogP contribution >= 0.6 is 0 Å². The number of phenols is 1. The van der Waals surface area contributed by atoms with Crippen LogP contribution in [0.1, 0.15) is 23.7 Å². The molecule has 1 aromatic carbocycles. The van der Waals surface area contributed by atoms with Crippen LogP contribution in [0.15, 0.2) is 18.2 Å². The number of benzene rings is 1. The van der Waals surface area contributed by atoms with Crippen LogP contribution in [-0.2, 0) is 4.74 Å². The summed E-state index contributed by atoms with van der Waals surface area (Å²) in [6.45, 7) is 2.07. The van der Waals surface area contributed by atoms with E-state index in [0.717, 1.165) is 12.1 Å². The van der Waals surface area contributed by atoms with Crippen LogP contribution in [0.3, 0.4) is 0 Å². The summed E-state index contributed by atoms with van der Waals surface area (Å²) in [5, 5.41) is 18.0. The third-order valence-electron chi connectivity index (χ3n) is 1.82. The van der Waals surface area contributed by atoms with E-state index in [0.29, 0.717) is 6.42 Å². The van der Waals surface area contributed by atoms with Crippen molar-refractivity contribution in [3.05, 3.63) is 23.8 Å². The van der Waals surface area contributed by atoms with Crippen LogP contribution in [-0.4, -0.2) is 28.9 Å². The molecule has 0 spiro atoms. The number of carboxylic acids is 1. The fraction of sp³-hybridized carbons (Fsp3) is 0.273. The minimum atomic E-state index is -1.26. The number of hydrogen-bond donors (Lipinski definition) is 2. The number of carbonyl (C=O) groups excluding carboxylic acids is 1. The van der Waals surface area contributed by atoms with E-state index in [4.69, 9.17) is 9.84 Å². The van der Waals surface area contributed by atoms with Gasteiger partial charge in [-0.2, -0.15) is 0 Å². The fourth-order valence-corrected chi connectivity index (χ4v) is 1.07. The molecule has 0 heterocycles. The van der Waals surface area contributed by atoms with Crippen molar-refractivity contribution in [3.63, 3.8) is 0 Å². The Morgan fingerprint density at radius 1 is 1.35 bits per heavy atom. The second-order valence-corrected chi connectivity index (χ2v) is 3.18. The molecule has 0 fully saturated rings. The number of aromatic carboxylic acids is 1. The maximum atomic E-state index is 11.1. The van der Waals surface area contributed by atoms with Gasteiger partial charge in [0.2, 0.25) is 0 Å². The average molecular weight is 240 g/mol. The molecule has 17 heavy (non-hydrogen) atoms. The Bertz CT molecular complexity index is 426. The van der Waals surface area contributed by atoms with Crippen molar-refractivity contribution in [1.29, 1.82) is 0 Å². The van der Waals surface area contributed by atoms with Gasteiger partial charge in [-0.25, -0.2) is 9.59 Å². The lowest BCUT2D eigenvalue weighted by Gasteiger charge is -2.06. The van der Waals surface area contributed by atoms with Gasteiger partial charge in [-0.3, -0.25) is 0 Å². The molecule has 0 aliphatic carbocycles. The number of aromatic hydroxyl groups is 1. The Morgan fingerprint density at radius 3 is 2.59 bits per heavy atom. The SMILES string of the molecule is CCCOC(=O)Oc1ccc(C(=O)O)c(O)c1. The molecule has 92 valence electrons. The molecule has 0 radical (unpaired) electrons. The van der Waals surface area contributed by atoms with Gasteiger partial charge in [0.15, 0.2) is 0 Å². The molecule has 6 nitrogen and oxygen atoms in total. The largest absolute Gasteiger partial charge is 0.513 e. The van der Waals surface area contributed by atoms with Crippen molar-refractivity contribution in [2.75, 3.05) is 6.61 Å². The molecule has 0 atom stereocenters. The number of carbonyl (C=O) groups is 2. The van der Waals surface area contributed by atoms with Crippen molar-refractivity contribution in [3.8, 4) is 11.5 Å². The second kappa shape index (κ2) is 5.74. The van der Waals surface area contributed by atoms with Crippen LogP contribution in [0, 0.1) is 0 Å². The van der Waals surface area contributed by atoms with Gasteiger partial charge in [0, 0.05) is 6.07 Å². The maximum absolute atomic E-state index is 11.1. The normalized spacial score (nSPS) is 9.71. The Morgan fingerprint density at radius 2 is 2.06 bits per heavy atom. The summed E-state index contributed by atoms with van der Waals surface area (Å²) in [7, 11) is 0. The Balaban J connectivity index is 2.70. The summed E-state index contributed by atoms with van der Waals surface area (Å²) in [6, 6.07) is 3.44. The molecular weight excluding hydrogens is 228 g/mol. The minimum Gasteiger partial charge on any atom is -0.507 e. The van der Waals surface area contributed by atoms with E-state index in [9.17, 15) is 14.7 Å². The number of rotatable bonds is 4. The summed E-state index contributed by atoms with van der Waals surface area (Å²) in [5.74, 6) is -1.71. The molecular formula is C11H12O6.